The number of hydrogen-bond donors (Lipinski definition) is 1. The Morgan fingerprint density at radius 3 is 3.06 bits per heavy atom. The van der Waals surface area contributed by atoms with Crippen LogP contribution in [0, 0.1) is 5.92 Å². The number of fused-ring (bicyclic) bond motifs is 1. The van der Waals surface area contributed by atoms with E-state index < -0.39 is 0 Å². The highest BCUT2D eigenvalue weighted by atomic mass is 15.4. The average Bonchev–Trinajstić information content (AvgIpc) is 2.74. The molecule has 2 aromatic heterocycles. The zero-order chi connectivity index (χ0) is 11.8. The van der Waals surface area contributed by atoms with Crippen molar-refractivity contribution in [3.8, 4) is 0 Å². The largest absolute Gasteiger partial charge is 0.380 e. The van der Waals surface area contributed by atoms with Crippen LogP contribution < -0.4 is 5.73 Å². The lowest BCUT2D eigenvalue weighted by Crippen LogP contribution is -2.15. The number of aromatic nitrogens is 5. The highest BCUT2D eigenvalue weighted by Gasteiger charge is 2.25. The molecular weight excluding hydrogens is 216 g/mol. The van der Waals surface area contributed by atoms with Crippen LogP contribution in [0.5, 0.6) is 0 Å². The highest BCUT2D eigenvalue weighted by molar-refractivity contribution is 5.57. The van der Waals surface area contributed by atoms with Crippen molar-refractivity contribution in [3.63, 3.8) is 0 Å². The van der Waals surface area contributed by atoms with Crippen LogP contribution >= 0.6 is 0 Å². The maximum atomic E-state index is 5.75. The predicted octanol–water partition coefficient (Wildman–Crippen LogP) is 1.40. The molecule has 0 saturated heterocycles. The van der Waals surface area contributed by atoms with Crippen LogP contribution in [0.1, 0.15) is 44.3 Å². The molecule has 0 radical (unpaired) electrons. The summed E-state index contributed by atoms with van der Waals surface area (Å²) in [6.07, 6.45) is 6.34. The Kier molecular flexibility index (Phi) is 2.42. The normalized spacial score (nSPS) is 25.2. The first-order valence-electron chi connectivity index (χ1n) is 6.07. The van der Waals surface area contributed by atoms with Gasteiger partial charge >= 0.3 is 0 Å². The van der Waals surface area contributed by atoms with Gasteiger partial charge in [-0.2, -0.15) is 9.61 Å². The number of nitrogens with two attached hydrogens (primary N) is 1. The van der Waals surface area contributed by atoms with Crippen LogP contribution in [-0.2, 0) is 0 Å². The smallest absolute Gasteiger partial charge is 0.220 e. The molecule has 6 nitrogen and oxygen atoms in total. The summed E-state index contributed by atoms with van der Waals surface area (Å²) in [6.45, 7) is 2.29. The summed E-state index contributed by atoms with van der Waals surface area (Å²) in [5.74, 6) is 2.52. The first-order chi connectivity index (χ1) is 8.25. The lowest BCUT2D eigenvalue weighted by Gasteiger charge is -2.24. The molecule has 1 fully saturated rings. The van der Waals surface area contributed by atoms with Gasteiger partial charge in [-0.15, -0.1) is 10.2 Å². The van der Waals surface area contributed by atoms with Gasteiger partial charge in [0.25, 0.3) is 0 Å². The van der Waals surface area contributed by atoms with Crippen LogP contribution in [0.2, 0.25) is 0 Å². The van der Waals surface area contributed by atoms with Gasteiger partial charge in [0.1, 0.15) is 6.33 Å². The summed E-state index contributed by atoms with van der Waals surface area (Å²) in [7, 11) is 0. The van der Waals surface area contributed by atoms with Gasteiger partial charge in [0, 0.05) is 5.92 Å². The van der Waals surface area contributed by atoms with E-state index in [1.807, 2.05) is 0 Å². The molecule has 6 heteroatoms. The first kappa shape index (κ1) is 10.4. The lowest BCUT2D eigenvalue weighted by atomic mass is 9.82. The van der Waals surface area contributed by atoms with Gasteiger partial charge in [-0.25, -0.2) is 4.98 Å². The van der Waals surface area contributed by atoms with Gasteiger partial charge in [0.2, 0.25) is 5.65 Å². The second-order valence-electron chi connectivity index (χ2n) is 4.91. The van der Waals surface area contributed by atoms with Crippen molar-refractivity contribution < 1.29 is 0 Å². The van der Waals surface area contributed by atoms with Crippen molar-refractivity contribution in [2.75, 3.05) is 5.73 Å². The molecule has 0 bridgehead atoms. The Hall–Kier alpha value is -1.72. The second kappa shape index (κ2) is 3.94. The van der Waals surface area contributed by atoms with Crippen molar-refractivity contribution in [2.45, 2.75) is 38.5 Å². The van der Waals surface area contributed by atoms with Gasteiger partial charge in [-0.1, -0.05) is 19.8 Å². The number of nitrogen functional groups attached to an aromatic ring is 1. The van der Waals surface area contributed by atoms with Crippen LogP contribution in [0.15, 0.2) is 6.33 Å². The lowest BCUT2D eigenvalue weighted by molar-refractivity contribution is 0.332. The van der Waals surface area contributed by atoms with Crippen LogP contribution in [-0.4, -0.2) is 24.8 Å². The van der Waals surface area contributed by atoms with Crippen molar-refractivity contribution in [3.05, 3.63) is 12.2 Å². The van der Waals surface area contributed by atoms with E-state index in [-0.39, 0.29) is 0 Å². The Balaban J connectivity index is 2.02. The molecular formula is C11H16N6. The molecule has 2 unspecified atom stereocenters. The van der Waals surface area contributed by atoms with Crippen molar-refractivity contribution in [2.24, 2.45) is 5.92 Å². The Labute approximate surface area is 99.3 Å². The zero-order valence-corrected chi connectivity index (χ0v) is 9.87. The van der Waals surface area contributed by atoms with E-state index in [9.17, 15) is 0 Å². The molecule has 0 spiro atoms. The fourth-order valence-electron chi connectivity index (χ4n) is 2.69. The minimum atomic E-state index is 0.391. The van der Waals surface area contributed by atoms with E-state index in [2.05, 4.69) is 27.2 Å². The summed E-state index contributed by atoms with van der Waals surface area (Å²) in [4.78, 5) is 3.92. The van der Waals surface area contributed by atoms with E-state index in [0.717, 1.165) is 24.6 Å². The van der Waals surface area contributed by atoms with Gasteiger partial charge in [-0.3, -0.25) is 0 Å². The topological polar surface area (TPSA) is 82.0 Å². The molecule has 0 amide bonds. The summed E-state index contributed by atoms with van der Waals surface area (Å²) >= 11 is 0. The molecule has 3 rings (SSSR count). The average molecular weight is 232 g/mol. The SMILES string of the molecule is CC1CCCC(c2nnc3c(N)ncnn23)C1. The fourth-order valence-corrected chi connectivity index (χ4v) is 2.69. The zero-order valence-electron chi connectivity index (χ0n) is 9.87. The second-order valence-corrected chi connectivity index (χ2v) is 4.91. The standard InChI is InChI=1S/C11H16N6/c1-7-3-2-4-8(5-7)10-15-16-11-9(12)13-6-14-17(10)11/h6-8H,2-5H2,1H3,(H2,12,13,14). The predicted molar refractivity (Wildman–Crippen MR) is 63.4 cm³/mol. The summed E-state index contributed by atoms with van der Waals surface area (Å²) in [5.41, 5.74) is 6.32. The van der Waals surface area contributed by atoms with E-state index in [4.69, 9.17) is 5.73 Å². The van der Waals surface area contributed by atoms with Gasteiger partial charge in [-0.05, 0) is 18.8 Å². The van der Waals surface area contributed by atoms with Crippen molar-refractivity contribution in [1.29, 1.82) is 0 Å². The quantitative estimate of drug-likeness (QED) is 0.803. The number of rotatable bonds is 1. The van der Waals surface area contributed by atoms with Gasteiger partial charge < -0.3 is 5.73 Å². The highest BCUT2D eigenvalue weighted by Crippen LogP contribution is 2.34. The summed E-state index contributed by atoms with van der Waals surface area (Å²) in [6, 6.07) is 0. The molecule has 2 atom stereocenters. The van der Waals surface area contributed by atoms with Crippen LogP contribution in [0.3, 0.4) is 0 Å². The van der Waals surface area contributed by atoms with E-state index >= 15 is 0 Å². The molecule has 1 aliphatic rings. The van der Waals surface area contributed by atoms with Crippen molar-refractivity contribution in [1.82, 2.24) is 24.8 Å². The Bertz CT molecular complexity index is 534. The molecule has 90 valence electrons. The Morgan fingerprint density at radius 1 is 1.35 bits per heavy atom. The molecule has 0 aromatic carbocycles. The third-order valence-electron chi connectivity index (χ3n) is 3.56. The molecule has 17 heavy (non-hydrogen) atoms. The van der Waals surface area contributed by atoms with Crippen LogP contribution in [0.25, 0.3) is 5.65 Å². The minimum Gasteiger partial charge on any atom is -0.380 e. The Morgan fingerprint density at radius 2 is 2.24 bits per heavy atom. The van der Waals surface area contributed by atoms with Crippen LogP contribution in [0.4, 0.5) is 5.82 Å². The molecule has 2 heterocycles. The molecule has 2 N–H and O–H groups in total. The minimum absolute atomic E-state index is 0.391. The van der Waals surface area contributed by atoms with Gasteiger partial charge in [0.15, 0.2) is 11.6 Å². The third kappa shape index (κ3) is 1.73. The monoisotopic (exact) mass is 232 g/mol. The van der Waals surface area contributed by atoms with Crippen molar-refractivity contribution >= 4 is 11.5 Å². The number of nitrogens with zero attached hydrogens (tertiary/aromatic N) is 5. The van der Waals surface area contributed by atoms with Gasteiger partial charge in [0.05, 0.1) is 0 Å². The summed E-state index contributed by atoms with van der Waals surface area (Å²) in [5, 5.41) is 12.5. The fraction of sp³-hybridized carbons (Fsp3) is 0.636. The number of anilines is 1. The number of hydrogen-bond acceptors (Lipinski definition) is 5. The summed E-state index contributed by atoms with van der Waals surface area (Å²) < 4.78 is 1.74. The van der Waals surface area contributed by atoms with E-state index in [1.165, 1.54) is 19.2 Å². The molecule has 1 saturated carbocycles. The maximum absolute atomic E-state index is 5.75. The molecule has 1 aliphatic carbocycles. The molecule has 0 aliphatic heterocycles. The van der Waals surface area contributed by atoms with E-state index in [0.29, 0.717) is 17.4 Å². The molecule has 2 aromatic rings. The maximum Gasteiger partial charge on any atom is 0.220 e. The first-order valence-corrected chi connectivity index (χ1v) is 6.07. The third-order valence-corrected chi connectivity index (χ3v) is 3.56. The van der Waals surface area contributed by atoms with E-state index in [1.54, 1.807) is 4.52 Å².